The molecule has 4 nitrogen and oxygen atoms in total. The molecule has 2 aliphatic heterocycles. The van der Waals surface area contributed by atoms with Crippen LogP contribution in [0, 0.1) is 5.92 Å². The standard InChI is InChI=1S/C14H25NO3/c1-3-5-13(2,15)12(16)11-4-7-18-14(9-11)6-8-17-10-14/h11H,3-10,15H2,1-2H3. The Kier molecular flexibility index (Phi) is 4.09. The number of carbonyl (C=O) groups excluding carboxylic acids is 1. The number of hydrogen-bond donors (Lipinski definition) is 1. The first-order valence-electron chi connectivity index (χ1n) is 7.04. The summed E-state index contributed by atoms with van der Waals surface area (Å²) in [6, 6.07) is 0. The SMILES string of the molecule is CCCC(C)(N)C(=O)C1CCOC2(CCOC2)C1. The van der Waals surface area contributed by atoms with Crippen LogP contribution in [0.2, 0.25) is 0 Å². The molecule has 3 atom stereocenters. The van der Waals surface area contributed by atoms with Crippen LogP contribution in [0.4, 0.5) is 0 Å². The van der Waals surface area contributed by atoms with Gasteiger partial charge in [0.25, 0.3) is 0 Å². The number of rotatable bonds is 4. The van der Waals surface area contributed by atoms with E-state index in [1.54, 1.807) is 0 Å². The monoisotopic (exact) mass is 255 g/mol. The van der Waals surface area contributed by atoms with Gasteiger partial charge in [-0.3, -0.25) is 4.79 Å². The van der Waals surface area contributed by atoms with Crippen LogP contribution >= 0.6 is 0 Å². The number of ketones is 1. The Hall–Kier alpha value is -0.450. The fourth-order valence-electron chi connectivity index (χ4n) is 3.22. The molecule has 3 unspecified atom stereocenters. The topological polar surface area (TPSA) is 61.6 Å². The molecular weight excluding hydrogens is 230 g/mol. The molecule has 0 bridgehead atoms. The van der Waals surface area contributed by atoms with Gasteiger partial charge in [-0.25, -0.2) is 0 Å². The van der Waals surface area contributed by atoms with E-state index in [0.29, 0.717) is 13.2 Å². The molecule has 0 radical (unpaired) electrons. The Bertz CT molecular complexity index is 308. The summed E-state index contributed by atoms with van der Waals surface area (Å²) in [4.78, 5) is 12.5. The summed E-state index contributed by atoms with van der Waals surface area (Å²) >= 11 is 0. The van der Waals surface area contributed by atoms with Gasteiger partial charge in [0, 0.05) is 25.6 Å². The summed E-state index contributed by atoms with van der Waals surface area (Å²) in [5.41, 5.74) is 5.28. The van der Waals surface area contributed by atoms with Gasteiger partial charge in [-0.2, -0.15) is 0 Å². The number of nitrogens with two attached hydrogens (primary N) is 1. The van der Waals surface area contributed by atoms with E-state index >= 15 is 0 Å². The molecular formula is C14H25NO3. The molecule has 2 heterocycles. The van der Waals surface area contributed by atoms with E-state index < -0.39 is 5.54 Å². The van der Waals surface area contributed by atoms with E-state index in [1.165, 1.54) is 0 Å². The molecule has 0 aliphatic carbocycles. The lowest BCUT2D eigenvalue weighted by Crippen LogP contribution is -2.52. The van der Waals surface area contributed by atoms with Crippen molar-refractivity contribution in [2.75, 3.05) is 19.8 Å². The minimum absolute atomic E-state index is 0.0435. The number of Topliss-reactive ketones (excluding diaryl/α,β-unsaturated/α-hetero) is 1. The molecule has 2 saturated heterocycles. The van der Waals surface area contributed by atoms with Crippen molar-refractivity contribution in [3.8, 4) is 0 Å². The van der Waals surface area contributed by atoms with Crippen LogP contribution in [0.15, 0.2) is 0 Å². The van der Waals surface area contributed by atoms with Crippen molar-refractivity contribution >= 4 is 5.78 Å². The summed E-state index contributed by atoms with van der Waals surface area (Å²) < 4.78 is 11.3. The Morgan fingerprint density at radius 3 is 2.89 bits per heavy atom. The van der Waals surface area contributed by atoms with Crippen molar-refractivity contribution in [1.29, 1.82) is 0 Å². The molecule has 2 rings (SSSR count). The Balaban J connectivity index is 2.02. The average molecular weight is 255 g/mol. The van der Waals surface area contributed by atoms with Gasteiger partial charge in [0.05, 0.1) is 17.7 Å². The highest BCUT2D eigenvalue weighted by atomic mass is 16.6. The third-order valence-corrected chi connectivity index (χ3v) is 4.26. The van der Waals surface area contributed by atoms with Crippen LogP contribution in [0.5, 0.6) is 0 Å². The number of hydrogen-bond acceptors (Lipinski definition) is 4. The zero-order chi connectivity index (χ0) is 13.2. The summed E-state index contributed by atoms with van der Waals surface area (Å²) in [6.07, 6.45) is 4.19. The molecule has 2 fully saturated rings. The summed E-state index contributed by atoms with van der Waals surface area (Å²) in [5, 5.41) is 0. The molecule has 104 valence electrons. The van der Waals surface area contributed by atoms with Gasteiger partial charge in [0.15, 0.2) is 5.78 Å². The van der Waals surface area contributed by atoms with Gasteiger partial charge in [-0.05, 0) is 26.2 Å². The summed E-state index contributed by atoms with van der Waals surface area (Å²) in [7, 11) is 0. The van der Waals surface area contributed by atoms with Gasteiger partial charge in [0.2, 0.25) is 0 Å². The van der Waals surface area contributed by atoms with E-state index in [9.17, 15) is 4.79 Å². The molecule has 0 amide bonds. The van der Waals surface area contributed by atoms with Gasteiger partial charge < -0.3 is 15.2 Å². The minimum Gasteiger partial charge on any atom is -0.378 e. The van der Waals surface area contributed by atoms with E-state index in [4.69, 9.17) is 15.2 Å². The quantitative estimate of drug-likeness (QED) is 0.830. The van der Waals surface area contributed by atoms with Gasteiger partial charge in [-0.1, -0.05) is 13.3 Å². The van der Waals surface area contributed by atoms with Crippen molar-refractivity contribution in [3.63, 3.8) is 0 Å². The van der Waals surface area contributed by atoms with Crippen LogP contribution in [0.1, 0.15) is 46.0 Å². The normalized spacial score (nSPS) is 35.6. The first kappa shape index (κ1) is 14.0. The molecule has 0 saturated carbocycles. The first-order valence-corrected chi connectivity index (χ1v) is 7.04. The minimum atomic E-state index is -0.683. The largest absolute Gasteiger partial charge is 0.378 e. The maximum Gasteiger partial charge on any atom is 0.155 e. The molecule has 0 aromatic carbocycles. The van der Waals surface area contributed by atoms with Gasteiger partial charge in [-0.15, -0.1) is 0 Å². The number of carbonyl (C=O) groups is 1. The summed E-state index contributed by atoms with van der Waals surface area (Å²) in [6.45, 7) is 5.96. The lowest BCUT2D eigenvalue weighted by atomic mass is 9.76. The molecule has 0 aromatic rings. The third kappa shape index (κ3) is 2.76. The van der Waals surface area contributed by atoms with Gasteiger partial charge >= 0.3 is 0 Å². The maximum absolute atomic E-state index is 12.5. The average Bonchev–Trinajstić information content (AvgIpc) is 2.76. The highest BCUT2D eigenvalue weighted by Crippen LogP contribution is 2.37. The van der Waals surface area contributed by atoms with Crippen LogP contribution < -0.4 is 5.73 Å². The fraction of sp³-hybridized carbons (Fsp3) is 0.929. The molecule has 1 spiro atoms. The van der Waals surface area contributed by atoms with Crippen molar-refractivity contribution in [3.05, 3.63) is 0 Å². The fourth-order valence-corrected chi connectivity index (χ4v) is 3.22. The predicted octanol–water partition coefficient (Wildman–Crippen LogP) is 1.66. The lowest BCUT2D eigenvalue weighted by Gasteiger charge is -2.39. The first-order chi connectivity index (χ1) is 8.49. The second-order valence-electron chi connectivity index (χ2n) is 6.06. The van der Waals surface area contributed by atoms with Gasteiger partial charge in [0.1, 0.15) is 0 Å². The van der Waals surface area contributed by atoms with Crippen LogP contribution in [0.3, 0.4) is 0 Å². The van der Waals surface area contributed by atoms with Crippen molar-refractivity contribution in [2.45, 2.75) is 57.1 Å². The zero-order valence-corrected chi connectivity index (χ0v) is 11.5. The predicted molar refractivity (Wildman–Crippen MR) is 69.4 cm³/mol. The van der Waals surface area contributed by atoms with Crippen molar-refractivity contribution < 1.29 is 14.3 Å². The van der Waals surface area contributed by atoms with Crippen LogP contribution in [-0.4, -0.2) is 36.7 Å². The highest BCUT2D eigenvalue weighted by molar-refractivity contribution is 5.90. The Morgan fingerprint density at radius 2 is 2.28 bits per heavy atom. The number of ether oxygens (including phenoxy) is 2. The van der Waals surface area contributed by atoms with E-state index in [-0.39, 0.29) is 17.3 Å². The molecule has 2 N–H and O–H groups in total. The lowest BCUT2D eigenvalue weighted by molar-refractivity contribution is -0.141. The zero-order valence-electron chi connectivity index (χ0n) is 11.5. The van der Waals surface area contributed by atoms with E-state index in [0.717, 1.165) is 38.7 Å². The molecule has 2 aliphatic rings. The van der Waals surface area contributed by atoms with Crippen molar-refractivity contribution in [2.24, 2.45) is 11.7 Å². The summed E-state index contributed by atoms with van der Waals surface area (Å²) in [5.74, 6) is 0.251. The molecule has 4 heteroatoms. The third-order valence-electron chi connectivity index (χ3n) is 4.26. The molecule has 0 aromatic heterocycles. The highest BCUT2D eigenvalue weighted by Gasteiger charge is 2.45. The Morgan fingerprint density at radius 1 is 1.50 bits per heavy atom. The van der Waals surface area contributed by atoms with E-state index in [1.807, 2.05) is 6.92 Å². The maximum atomic E-state index is 12.5. The van der Waals surface area contributed by atoms with Crippen molar-refractivity contribution in [1.82, 2.24) is 0 Å². The smallest absolute Gasteiger partial charge is 0.155 e. The van der Waals surface area contributed by atoms with E-state index in [2.05, 4.69) is 6.92 Å². The van der Waals surface area contributed by atoms with Crippen LogP contribution in [0.25, 0.3) is 0 Å². The Labute approximate surface area is 109 Å². The molecule has 18 heavy (non-hydrogen) atoms. The second kappa shape index (κ2) is 5.27. The second-order valence-corrected chi connectivity index (χ2v) is 6.06. The van der Waals surface area contributed by atoms with Crippen LogP contribution in [-0.2, 0) is 14.3 Å².